The van der Waals surface area contributed by atoms with E-state index in [4.69, 9.17) is 22.1 Å². The third kappa shape index (κ3) is 5.21. The maximum atomic E-state index is 13.7. The fraction of sp³-hybridized carbons (Fsp3) is 0.192. The van der Waals surface area contributed by atoms with Gasteiger partial charge in [0, 0.05) is 12.3 Å². The van der Waals surface area contributed by atoms with Crippen LogP contribution in [0.5, 0.6) is 5.75 Å². The van der Waals surface area contributed by atoms with Crippen molar-refractivity contribution in [3.05, 3.63) is 120 Å². The van der Waals surface area contributed by atoms with Gasteiger partial charge in [0.05, 0.1) is 30.8 Å². The van der Waals surface area contributed by atoms with E-state index in [0.29, 0.717) is 5.56 Å². The first kappa shape index (κ1) is 27.1. The van der Waals surface area contributed by atoms with Gasteiger partial charge in [-0.15, -0.1) is 0 Å². The molecule has 0 saturated carbocycles. The van der Waals surface area contributed by atoms with E-state index in [1.807, 2.05) is 0 Å². The van der Waals surface area contributed by atoms with Crippen LogP contribution in [-0.2, 0) is 22.9 Å². The highest BCUT2D eigenvalue weighted by Crippen LogP contribution is 2.29. The summed E-state index contributed by atoms with van der Waals surface area (Å²) in [6.45, 7) is -0.666. The second-order valence-electron chi connectivity index (χ2n) is 8.57. The van der Waals surface area contributed by atoms with E-state index in [1.54, 1.807) is 48.5 Å². The van der Waals surface area contributed by atoms with Crippen LogP contribution in [-0.4, -0.2) is 35.5 Å². The minimum Gasteiger partial charge on any atom is -0.495 e. The first-order valence-electron chi connectivity index (χ1n) is 11.4. The highest BCUT2D eigenvalue weighted by atomic mass is 35.5. The number of benzene rings is 3. The molecule has 3 aromatic carbocycles. The van der Waals surface area contributed by atoms with Crippen molar-refractivity contribution in [1.29, 1.82) is 0 Å². The zero-order valence-electron chi connectivity index (χ0n) is 20.6. The molecule has 0 spiro atoms. The Balaban J connectivity index is 2.00. The fourth-order valence-corrected chi connectivity index (χ4v) is 5.35. The molecule has 1 atom stereocenters. The molecule has 4 aromatic rings. The molecule has 1 aromatic heterocycles. The van der Waals surface area contributed by atoms with Crippen LogP contribution in [0, 0.1) is 0 Å². The Morgan fingerprint density at radius 1 is 0.868 bits per heavy atom. The van der Waals surface area contributed by atoms with Crippen LogP contribution in [0.15, 0.2) is 92.1 Å². The van der Waals surface area contributed by atoms with Crippen molar-refractivity contribution in [1.82, 2.24) is 13.7 Å². The Kier molecular flexibility index (Phi) is 7.72. The minimum atomic E-state index is -3.68. The van der Waals surface area contributed by atoms with Crippen molar-refractivity contribution in [2.45, 2.75) is 24.0 Å². The Labute approximate surface area is 223 Å². The highest BCUT2D eigenvalue weighted by Gasteiger charge is 2.23. The van der Waals surface area contributed by atoms with Crippen LogP contribution < -0.4 is 27.5 Å². The van der Waals surface area contributed by atoms with Crippen LogP contribution in [0.4, 0.5) is 0 Å². The average molecular weight is 557 g/mol. The summed E-state index contributed by atoms with van der Waals surface area (Å²) in [5.74, 6) is 0.211. The number of nitrogens with zero attached hydrogens (tertiary/aromatic N) is 3. The van der Waals surface area contributed by atoms with Gasteiger partial charge in [0.15, 0.2) is 9.84 Å². The van der Waals surface area contributed by atoms with E-state index < -0.39 is 39.5 Å². The summed E-state index contributed by atoms with van der Waals surface area (Å²) in [4.78, 5) is 40.8. The lowest BCUT2D eigenvalue weighted by Gasteiger charge is -2.18. The Hall–Kier alpha value is -3.93. The summed E-state index contributed by atoms with van der Waals surface area (Å²) >= 11 is 6.45. The van der Waals surface area contributed by atoms with Gasteiger partial charge in [0.1, 0.15) is 10.8 Å². The van der Waals surface area contributed by atoms with Gasteiger partial charge < -0.3 is 10.5 Å². The van der Waals surface area contributed by atoms with E-state index in [-0.39, 0.29) is 33.5 Å². The molecular formula is C26H25ClN4O6S. The number of sulfone groups is 1. The number of rotatable bonds is 8. The van der Waals surface area contributed by atoms with E-state index in [9.17, 15) is 22.8 Å². The normalized spacial score (nSPS) is 12.3. The molecule has 4 rings (SSSR count). The van der Waals surface area contributed by atoms with Crippen LogP contribution in [0.2, 0.25) is 5.02 Å². The fourth-order valence-electron chi connectivity index (χ4n) is 4.13. The van der Waals surface area contributed by atoms with Gasteiger partial charge in [-0.2, -0.15) is 0 Å². The SMILES string of the molecule is COc1cccc(-n2c(=O)n(Cc3ccccc3S(C)(=O)=O)c(=O)n(CC(N)c3ccccc3)c2=O)c1Cl. The molecule has 0 aliphatic rings. The third-order valence-electron chi connectivity index (χ3n) is 6.02. The lowest BCUT2D eigenvalue weighted by Crippen LogP contribution is -2.55. The molecule has 0 aliphatic carbocycles. The zero-order chi connectivity index (χ0) is 27.6. The first-order chi connectivity index (χ1) is 18.0. The molecular weight excluding hydrogens is 532 g/mol. The van der Waals surface area contributed by atoms with Crippen molar-refractivity contribution in [3.8, 4) is 11.4 Å². The predicted molar refractivity (Wildman–Crippen MR) is 144 cm³/mol. The molecule has 1 heterocycles. The Morgan fingerprint density at radius 2 is 1.50 bits per heavy atom. The van der Waals surface area contributed by atoms with Gasteiger partial charge in [0.25, 0.3) is 0 Å². The van der Waals surface area contributed by atoms with E-state index in [2.05, 4.69) is 0 Å². The van der Waals surface area contributed by atoms with Crippen molar-refractivity contribution in [3.63, 3.8) is 0 Å². The molecule has 0 aliphatic heterocycles. The van der Waals surface area contributed by atoms with Gasteiger partial charge in [-0.3, -0.25) is 0 Å². The molecule has 0 radical (unpaired) electrons. The van der Waals surface area contributed by atoms with Gasteiger partial charge in [-0.25, -0.2) is 36.5 Å². The topological polar surface area (TPSA) is 135 Å². The monoisotopic (exact) mass is 556 g/mol. The lowest BCUT2D eigenvalue weighted by molar-refractivity contribution is 0.414. The van der Waals surface area contributed by atoms with Crippen molar-refractivity contribution in [2.75, 3.05) is 13.4 Å². The summed E-state index contributed by atoms with van der Waals surface area (Å²) in [6, 6.07) is 18.6. The molecule has 0 amide bonds. The number of ether oxygens (including phenoxy) is 1. The summed E-state index contributed by atoms with van der Waals surface area (Å²) in [7, 11) is -2.30. The lowest BCUT2D eigenvalue weighted by atomic mass is 10.1. The number of halogens is 1. The molecule has 2 N–H and O–H groups in total. The van der Waals surface area contributed by atoms with E-state index >= 15 is 0 Å². The highest BCUT2D eigenvalue weighted by molar-refractivity contribution is 7.90. The van der Waals surface area contributed by atoms with Crippen LogP contribution in [0.1, 0.15) is 17.2 Å². The summed E-state index contributed by atoms with van der Waals surface area (Å²) in [6.07, 6.45) is 1.03. The molecule has 10 nitrogen and oxygen atoms in total. The standard InChI is InChI=1S/C26H25ClN4O6S/c1-37-21-13-8-12-20(23(21)27)31-25(33)29(15-18-11-6-7-14-22(18)38(2,35)36)24(32)30(26(31)34)16-19(28)17-9-4-3-5-10-17/h3-14,19H,15-16,28H2,1-2H3. The van der Waals surface area contributed by atoms with Gasteiger partial charge >= 0.3 is 17.1 Å². The van der Waals surface area contributed by atoms with Crippen LogP contribution in [0.3, 0.4) is 0 Å². The van der Waals surface area contributed by atoms with Crippen LogP contribution >= 0.6 is 11.6 Å². The predicted octanol–water partition coefficient (Wildman–Crippen LogP) is 1.97. The average Bonchev–Trinajstić information content (AvgIpc) is 2.90. The molecule has 38 heavy (non-hydrogen) atoms. The Bertz CT molecular complexity index is 1780. The second-order valence-corrected chi connectivity index (χ2v) is 10.9. The number of hydrogen-bond donors (Lipinski definition) is 1. The molecule has 12 heteroatoms. The molecule has 0 fully saturated rings. The second kappa shape index (κ2) is 10.8. The summed E-state index contributed by atoms with van der Waals surface area (Å²) < 4.78 is 32.4. The maximum Gasteiger partial charge on any atom is 0.341 e. The summed E-state index contributed by atoms with van der Waals surface area (Å²) in [5, 5.41) is -0.0187. The van der Waals surface area contributed by atoms with Crippen molar-refractivity contribution in [2.24, 2.45) is 5.73 Å². The van der Waals surface area contributed by atoms with Gasteiger partial charge in [-0.05, 0) is 29.3 Å². The molecule has 0 bridgehead atoms. The van der Waals surface area contributed by atoms with Crippen LogP contribution in [0.25, 0.3) is 5.69 Å². The molecule has 0 saturated heterocycles. The quantitative estimate of drug-likeness (QED) is 0.350. The number of methoxy groups -OCH3 is 1. The smallest absolute Gasteiger partial charge is 0.341 e. The number of hydrogen-bond acceptors (Lipinski definition) is 7. The molecule has 1 unspecified atom stereocenters. The first-order valence-corrected chi connectivity index (χ1v) is 13.7. The number of aromatic nitrogens is 3. The maximum absolute atomic E-state index is 13.7. The third-order valence-corrected chi connectivity index (χ3v) is 7.59. The van der Waals surface area contributed by atoms with E-state index in [1.165, 1.54) is 31.4 Å². The largest absolute Gasteiger partial charge is 0.495 e. The van der Waals surface area contributed by atoms with Crippen molar-refractivity contribution >= 4 is 21.4 Å². The van der Waals surface area contributed by atoms with Gasteiger partial charge in [0.2, 0.25) is 0 Å². The summed E-state index contributed by atoms with van der Waals surface area (Å²) in [5.41, 5.74) is 4.31. The van der Waals surface area contributed by atoms with Crippen molar-refractivity contribution < 1.29 is 13.2 Å². The molecule has 198 valence electrons. The zero-order valence-corrected chi connectivity index (χ0v) is 22.1. The van der Waals surface area contributed by atoms with E-state index in [0.717, 1.165) is 20.0 Å². The Morgan fingerprint density at radius 3 is 2.16 bits per heavy atom. The van der Waals surface area contributed by atoms with Gasteiger partial charge in [-0.1, -0.05) is 66.2 Å². The number of nitrogens with two attached hydrogens (primary N) is 1. The minimum absolute atomic E-state index is 0.00630.